The van der Waals surface area contributed by atoms with E-state index >= 15 is 0 Å². The molecule has 0 fully saturated rings. The average molecular weight is 210 g/mol. The van der Waals surface area contributed by atoms with E-state index in [-0.39, 0.29) is 0 Å². The molecule has 82 valence electrons. The average Bonchev–Trinajstić information content (AvgIpc) is 2.28. The highest BCUT2D eigenvalue weighted by molar-refractivity contribution is 5.75. The molecule has 1 heterocycles. The highest BCUT2D eigenvalue weighted by Crippen LogP contribution is 2.08. The molecule has 5 nitrogen and oxygen atoms in total. The summed E-state index contributed by atoms with van der Waals surface area (Å²) in [7, 11) is 2.84. The number of hydrogen-bond acceptors (Lipinski definition) is 5. The van der Waals surface area contributed by atoms with Gasteiger partial charge in [-0.05, 0) is 6.07 Å². The summed E-state index contributed by atoms with van der Waals surface area (Å²) in [5.41, 5.74) is 6.30. The highest BCUT2D eigenvalue weighted by atomic mass is 16.5. The first-order valence-corrected chi connectivity index (χ1v) is 4.50. The van der Waals surface area contributed by atoms with Gasteiger partial charge in [-0.3, -0.25) is 4.79 Å². The fourth-order valence-electron chi connectivity index (χ4n) is 1.14. The molecule has 0 aliphatic rings. The smallest absolute Gasteiger partial charge is 0.323 e. The molecule has 0 spiro atoms. The van der Waals surface area contributed by atoms with Gasteiger partial charge >= 0.3 is 5.97 Å². The number of nitrogens with two attached hydrogens (primary N) is 1. The fourth-order valence-corrected chi connectivity index (χ4v) is 1.14. The Hall–Kier alpha value is -1.62. The Bertz CT molecular complexity index is 341. The largest absolute Gasteiger partial charge is 0.481 e. The van der Waals surface area contributed by atoms with Crippen molar-refractivity contribution in [2.75, 3.05) is 14.2 Å². The van der Waals surface area contributed by atoms with Gasteiger partial charge in [0.1, 0.15) is 6.04 Å². The van der Waals surface area contributed by atoms with Crippen LogP contribution >= 0.6 is 0 Å². The first kappa shape index (κ1) is 11.5. The molecule has 1 unspecified atom stereocenters. The Morgan fingerprint density at radius 3 is 2.87 bits per heavy atom. The summed E-state index contributed by atoms with van der Waals surface area (Å²) >= 11 is 0. The molecule has 0 amide bonds. The molecule has 0 aliphatic heterocycles. The first-order valence-electron chi connectivity index (χ1n) is 4.50. The SMILES string of the molecule is COC(=O)C(N)Cc1cccc(OC)n1. The zero-order valence-corrected chi connectivity index (χ0v) is 8.77. The molecule has 1 aromatic heterocycles. The van der Waals surface area contributed by atoms with Crippen LogP contribution in [-0.4, -0.2) is 31.2 Å². The van der Waals surface area contributed by atoms with Crippen LogP contribution in [0, 0.1) is 0 Å². The van der Waals surface area contributed by atoms with E-state index in [2.05, 4.69) is 9.72 Å². The Morgan fingerprint density at radius 2 is 2.27 bits per heavy atom. The van der Waals surface area contributed by atoms with Crippen LogP contribution in [0.15, 0.2) is 18.2 Å². The molecule has 1 atom stereocenters. The lowest BCUT2D eigenvalue weighted by Gasteiger charge is -2.08. The summed E-state index contributed by atoms with van der Waals surface area (Å²) < 4.78 is 9.47. The predicted octanol–water partition coefficient (Wildman–Crippen LogP) is 0.133. The van der Waals surface area contributed by atoms with Crippen molar-refractivity contribution >= 4 is 5.97 Å². The van der Waals surface area contributed by atoms with Gasteiger partial charge in [0.25, 0.3) is 0 Å². The van der Waals surface area contributed by atoms with Crippen molar-refractivity contribution in [1.29, 1.82) is 0 Å². The van der Waals surface area contributed by atoms with Gasteiger partial charge in [-0.2, -0.15) is 0 Å². The van der Waals surface area contributed by atoms with Crippen molar-refractivity contribution in [2.24, 2.45) is 5.73 Å². The van der Waals surface area contributed by atoms with Crippen molar-refractivity contribution in [3.63, 3.8) is 0 Å². The van der Waals surface area contributed by atoms with Gasteiger partial charge < -0.3 is 15.2 Å². The minimum absolute atomic E-state index is 0.337. The van der Waals surface area contributed by atoms with E-state index in [9.17, 15) is 4.79 Å². The number of rotatable bonds is 4. The number of carbonyl (C=O) groups excluding carboxylic acids is 1. The van der Waals surface area contributed by atoms with Crippen LogP contribution < -0.4 is 10.5 Å². The molecule has 0 saturated carbocycles. The van der Waals surface area contributed by atoms with Crippen LogP contribution in [0.4, 0.5) is 0 Å². The van der Waals surface area contributed by atoms with Gasteiger partial charge in [0.15, 0.2) is 0 Å². The van der Waals surface area contributed by atoms with Crippen LogP contribution in [0.1, 0.15) is 5.69 Å². The third kappa shape index (κ3) is 3.21. The fraction of sp³-hybridized carbons (Fsp3) is 0.400. The molecule has 0 aromatic carbocycles. The van der Waals surface area contributed by atoms with Gasteiger partial charge in [-0.15, -0.1) is 0 Å². The normalized spacial score (nSPS) is 11.9. The van der Waals surface area contributed by atoms with Crippen molar-refractivity contribution in [3.05, 3.63) is 23.9 Å². The second-order valence-corrected chi connectivity index (χ2v) is 3.01. The van der Waals surface area contributed by atoms with Crippen LogP contribution in [0.2, 0.25) is 0 Å². The molecular formula is C10H14N2O3. The van der Waals surface area contributed by atoms with E-state index in [4.69, 9.17) is 10.5 Å². The number of pyridine rings is 1. The molecule has 1 rings (SSSR count). The monoisotopic (exact) mass is 210 g/mol. The zero-order valence-electron chi connectivity index (χ0n) is 8.77. The molecular weight excluding hydrogens is 196 g/mol. The third-order valence-electron chi connectivity index (χ3n) is 1.92. The Kier molecular flexibility index (Phi) is 4.05. The lowest BCUT2D eigenvalue weighted by atomic mass is 10.1. The minimum atomic E-state index is -0.686. The van der Waals surface area contributed by atoms with E-state index in [1.165, 1.54) is 14.2 Å². The molecule has 0 radical (unpaired) electrons. The lowest BCUT2D eigenvalue weighted by Crippen LogP contribution is -2.33. The molecule has 15 heavy (non-hydrogen) atoms. The summed E-state index contributed by atoms with van der Waals surface area (Å²) in [5, 5.41) is 0. The summed E-state index contributed by atoms with van der Waals surface area (Å²) in [6.45, 7) is 0. The van der Waals surface area contributed by atoms with Crippen LogP contribution in [0.3, 0.4) is 0 Å². The summed E-state index contributed by atoms with van der Waals surface area (Å²) in [5.74, 6) is 0.0594. The lowest BCUT2D eigenvalue weighted by molar-refractivity contribution is -0.142. The number of carbonyl (C=O) groups is 1. The number of aromatic nitrogens is 1. The Morgan fingerprint density at radius 1 is 1.53 bits per heavy atom. The maximum Gasteiger partial charge on any atom is 0.323 e. The summed E-state index contributed by atoms with van der Waals surface area (Å²) in [6, 6.07) is 4.62. The van der Waals surface area contributed by atoms with Crippen molar-refractivity contribution in [3.8, 4) is 5.88 Å². The van der Waals surface area contributed by atoms with Crippen LogP contribution in [-0.2, 0) is 16.0 Å². The molecule has 5 heteroatoms. The van der Waals surface area contributed by atoms with E-state index in [1.807, 2.05) is 0 Å². The van der Waals surface area contributed by atoms with E-state index in [1.54, 1.807) is 18.2 Å². The topological polar surface area (TPSA) is 74.4 Å². The number of nitrogens with zero attached hydrogens (tertiary/aromatic N) is 1. The number of ether oxygens (including phenoxy) is 2. The van der Waals surface area contributed by atoms with Gasteiger partial charge in [0, 0.05) is 18.2 Å². The molecule has 0 aliphatic carbocycles. The highest BCUT2D eigenvalue weighted by Gasteiger charge is 2.14. The predicted molar refractivity (Wildman–Crippen MR) is 54.5 cm³/mol. The van der Waals surface area contributed by atoms with Gasteiger partial charge in [-0.25, -0.2) is 4.98 Å². The van der Waals surface area contributed by atoms with Gasteiger partial charge in [0.2, 0.25) is 5.88 Å². The number of hydrogen-bond donors (Lipinski definition) is 1. The van der Waals surface area contributed by atoms with Crippen molar-refractivity contribution in [1.82, 2.24) is 4.98 Å². The Labute approximate surface area is 88.2 Å². The van der Waals surface area contributed by atoms with E-state index < -0.39 is 12.0 Å². The van der Waals surface area contributed by atoms with Gasteiger partial charge in [-0.1, -0.05) is 6.07 Å². The second kappa shape index (κ2) is 5.31. The maximum atomic E-state index is 11.1. The maximum absolute atomic E-state index is 11.1. The van der Waals surface area contributed by atoms with Crippen molar-refractivity contribution in [2.45, 2.75) is 12.5 Å². The Balaban J connectivity index is 2.67. The quantitative estimate of drug-likeness (QED) is 0.715. The minimum Gasteiger partial charge on any atom is -0.481 e. The number of methoxy groups -OCH3 is 2. The van der Waals surface area contributed by atoms with Crippen molar-refractivity contribution < 1.29 is 14.3 Å². The van der Waals surface area contributed by atoms with E-state index in [0.29, 0.717) is 18.0 Å². The summed E-state index contributed by atoms with van der Waals surface area (Å²) in [4.78, 5) is 15.2. The summed E-state index contributed by atoms with van der Waals surface area (Å²) in [6.07, 6.45) is 0.337. The van der Waals surface area contributed by atoms with Crippen LogP contribution in [0.5, 0.6) is 5.88 Å². The second-order valence-electron chi connectivity index (χ2n) is 3.01. The molecule has 2 N–H and O–H groups in total. The van der Waals surface area contributed by atoms with Gasteiger partial charge in [0.05, 0.1) is 14.2 Å². The third-order valence-corrected chi connectivity index (χ3v) is 1.92. The molecule has 0 saturated heterocycles. The zero-order chi connectivity index (χ0) is 11.3. The molecule has 0 bridgehead atoms. The van der Waals surface area contributed by atoms with Crippen LogP contribution in [0.25, 0.3) is 0 Å². The number of esters is 1. The molecule has 1 aromatic rings. The standard InChI is InChI=1S/C10H14N2O3/c1-14-9-5-3-4-7(12-9)6-8(11)10(13)15-2/h3-5,8H,6,11H2,1-2H3. The van der Waals surface area contributed by atoms with E-state index in [0.717, 1.165) is 0 Å². The first-order chi connectivity index (χ1) is 7.17.